The standard InChI is InChI=1S/C25H29ClN4O3/c1-17(2)30-16-19(14-23(30)31)24(32)27-21-8-6-18(7-9-21)25(33)29-12-10-28(11-13-29)22-5-3-4-20(26)15-22/h3-9,15,17,19H,10-14,16H2,1-2H3,(H,27,32). The summed E-state index contributed by atoms with van der Waals surface area (Å²) in [6.45, 7) is 7.09. The SMILES string of the molecule is CC(C)N1CC(C(=O)Nc2ccc(C(=O)N3CCN(c4cccc(Cl)c4)CC3)cc2)CC1=O. The topological polar surface area (TPSA) is 73.0 Å². The molecule has 2 heterocycles. The maximum Gasteiger partial charge on any atom is 0.253 e. The smallest absolute Gasteiger partial charge is 0.253 e. The van der Waals surface area contributed by atoms with E-state index < -0.39 is 0 Å². The molecule has 3 amide bonds. The molecule has 0 saturated carbocycles. The summed E-state index contributed by atoms with van der Waals surface area (Å²) in [5.74, 6) is -0.520. The van der Waals surface area contributed by atoms with Gasteiger partial charge in [-0.2, -0.15) is 0 Å². The van der Waals surface area contributed by atoms with E-state index >= 15 is 0 Å². The Bertz CT molecular complexity index is 1030. The van der Waals surface area contributed by atoms with Crippen LogP contribution >= 0.6 is 11.6 Å². The molecule has 1 N–H and O–H groups in total. The van der Waals surface area contributed by atoms with E-state index in [4.69, 9.17) is 11.6 Å². The van der Waals surface area contributed by atoms with Gasteiger partial charge in [0.05, 0.1) is 5.92 Å². The summed E-state index contributed by atoms with van der Waals surface area (Å²) < 4.78 is 0. The lowest BCUT2D eigenvalue weighted by molar-refractivity contribution is -0.129. The molecule has 1 unspecified atom stereocenters. The maximum absolute atomic E-state index is 12.9. The zero-order valence-corrected chi connectivity index (χ0v) is 19.7. The van der Waals surface area contributed by atoms with Crippen molar-refractivity contribution >= 4 is 40.7 Å². The first kappa shape index (κ1) is 23.1. The lowest BCUT2D eigenvalue weighted by Gasteiger charge is -2.36. The zero-order chi connectivity index (χ0) is 23.5. The van der Waals surface area contributed by atoms with Crippen molar-refractivity contribution in [2.45, 2.75) is 26.3 Å². The third-order valence-electron chi connectivity index (χ3n) is 6.29. The fourth-order valence-corrected chi connectivity index (χ4v) is 4.55. The van der Waals surface area contributed by atoms with Gasteiger partial charge in [-0.15, -0.1) is 0 Å². The molecule has 0 aromatic heterocycles. The van der Waals surface area contributed by atoms with Crippen LogP contribution in [0.15, 0.2) is 48.5 Å². The van der Waals surface area contributed by atoms with Crippen molar-refractivity contribution in [3.05, 3.63) is 59.1 Å². The molecule has 7 nitrogen and oxygen atoms in total. The molecule has 33 heavy (non-hydrogen) atoms. The second kappa shape index (κ2) is 9.83. The van der Waals surface area contributed by atoms with Crippen LogP contribution in [0.25, 0.3) is 0 Å². The highest BCUT2D eigenvalue weighted by molar-refractivity contribution is 6.30. The first-order chi connectivity index (χ1) is 15.8. The van der Waals surface area contributed by atoms with E-state index in [0.29, 0.717) is 35.9 Å². The van der Waals surface area contributed by atoms with Gasteiger partial charge in [0, 0.05) is 67.1 Å². The number of amides is 3. The highest BCUT2D eigenvalue weighted by atomic mass is 35.5. The minimum atomic E-state index is -0.350. The van der Waals surface area contributed by atoms with E-state index in [1.54, 1.807) is 29.2 Å². The predicted octanol–water partition coefficient (Wildman–Crippen LogP) is 3.50. The number of hydrogen-bond acceptors (Lipinski definition) is 4. The maximum atomic E-state index is 12.9. The molecule has 0 radical (unpaired) electrons. The molecular weight excluding hydrogens is 440 g/mol. The number of nitrogens with zero attached hydrogens (tertiary/aromatic N) is 3. The molecule has 8 heteroatoms. The number of hydrogen-bond donors (Lipinski definition) is 1. The van der Waals surface area contributed by atoms with Crippen LogP contribution in [0.4, 0.5) is 11.4 Å². The monoisotopic (exact) mass is 468 g/mol. The van der Waals surface area contributed by atoms with Crippen molar-refractivity contribution in [3.63, 3.8) is 0 Å². The summed E-state index contributed by atoms with van der Waals surface area (Å²) >= 11 is 6.10. The van der Waals surface area contributed by atoms with Crippen LogP contribution in [0.5, 0.6) is 0 Å². The van der Waals surface area contributed by atoms with Crippen LogP contribution in [0, 0.1) is 5.92 Å². The van der Waals surface area contributed by atoms with Gasteiger partial charge >= 0.3 is 0 Å². The molecule has 0 spiro atoms. The summed E-state index contributed by atoms with van der Waals surface area (Å²) in [6.07, 6.45) is 0.238. The minimum Gasteiger partial charge on any atom is -0.368 e. The van der Waals surface area contributed by atoms with Crippen LogP contribution in [0.1, 0.15) is 30.6 Å². The molecule has 4 rings (SSSR count). The van der Waals surface area contributed by atoms with E-state index in [-0.39, 0.29) is 36.1 Å². The number of benzene rings is 2. The Morgan fingerprint density at radius 1 is 1.03 bits per heavy atom. The quantitative estimate of drug-likeness (QED) is 0.729. The predicted molar refractivity (Wildman–Crippen MR) is 130 cm³/mol. The first-order valence-corrected chi connectivity index (χ1v) is 11.7. The molecule has 2 fully saturated rings. The van der Waals surface area contributed by atoms with E-state index in [1.807, 2.05) is 43.0 Å². The third kappa shape index (κ3) is 5.30. The number of likely N-dealkylation sites (tertiary alicyclic amines) is 1. The van der Waals surface area contributed by atoms with Gasteiger partial charge in [0.2, 0.25) is 11.8 Å². The third-order valence-corrected chi connectivity index (χ3v) is 6.53. The summed E-state index contributed by atoms with van der Waals surface area (Å²) in [5, 5.41) is 3.58. The molecule has 174 valence electrons. The van der Waals surface area contributed by atoms with Crippen LogP contribution in [0.2, 0.25) is 5.02 Å². The van der Waals surface area contributed by atoms with Crippen molar-refractivity contribution in [1.82, 2.24) is 9.80 Å². The van der Waals surface area contributed by atoms with Gasteiger partial charge in [0.25, 0.3) is 5.91 Å². The van der Waals surface area contributed by atoms with E-state index in [2.05, 4.69) is 10.2 Å². The van der Waals surface area contributed by atoms with Crippen LogP contribution in [0.3, 0.4) is 0 Å². The lowest BCUT2D eigenvalue weighted by Crippen LogP contribution is -2.48. The van der Waals surface area contributed by atoms with Crippen molar-refractivity contribution < 1.29 is 14.4 Å². The Kier molecular flexibility index (Phi) is 6.88. The fraction of sp³-hybridized carbons (Fsp3) is 0.400. The molecule has 2 saturated heterocycles. The van der Waals surface area contributed by atoms with E-state index in [9.17, 15) is 14.4 Å². The second-order valence-electron chi connectivity index (χ2n) is 8.87. The number of anilines is 2. The molecule has 1 atom stereocenters. The van der Waals surface area contributed by atoms with Gasteiger partial charge in [-0.05, 0) is 56.3 Å². The van der Waals surface area contributed by atoms with Crippen molar-refractivity contribution in [2.75, 3.05) is 42.9 Å². The average Bonchev–Trinajstić information content (AvgIpc) is 3.21. The summed E-state index contributed by atoms with van der Waals surface area (Å²) in [6, 6.07) is 14.8. The molecule has 2 aromatic rings. The molecule has 0 bridgehead atoms. The number of halogens is 1. The number of piperazine rings is 1. The lowest BCUT2D eigenvalue weighted by atomic mass is 10.1. The number of rotatable bonds is 5. The van der Waals surface area contributed by atoms with Crippen molar-refractivity contribution in [3.8, 4) is 0 Å². The molecule has 2 aliphatic heterocycles. The summed E-state index contributed by atoms with van der Waals surface area (Å²) in [5.41, 5.74) is 2.28. The zero-order valence-electron chi connectivity index (χ0n) is 19.0. The average molecular weight is 469 g/mol. The first-order valence-electron chi connectivity index (χ1n) is 11.3. The normalized spacial score (nSPS) is 18.7. The highest BCUT2D eigenvalue weighted by Crippen LogP contribution is 2.23. The Labute approximate surface area is 199 Å². The number of nitrogens with one attached hydrogen (secondary N) is 1. The Balaban J connectivity index is 1.31. The van der Waals surface area contributed by atoms with Gasteiger partial charge in [-0.25, -0.2) is 0 Å². The molecule has 0 aliphatic carbocycles. The van der Waals surface area contributed by atoms with Crippen molar-refractivity contribution in [2.24, 2.45) is 5.92 Å². The Hall–Kier alpha value is -3.06. The van der Waals surface area contributed by atoms with E-state index in [1.165, 1.54) is 0 Å². The molecule has 2 aromatic carbocycles. The minimum absolute atomic E-state index is 0.0153. The van der Waals surface area contributed by atoms with Crippen LogP contribution < -0.4 is 10.2 Å². The van der Waals surface area contributed by atoms with Crippen LogP contribution in [-0.4, -0.2) is 66.3 Å². The Morgan fingerprint density at radius 2 is 1.73 bits per heavy atom. The van der Waals surface area contributed by atoms with Crippen LogP contribution in [-0.2, 0) is 9.59 Å². The second-order valence-corrected chi connectivity index (χ2v) is 9.30. The van der Waals surface area contributed by atoms with Gasteiger partial charge in [-0.3, -0.25) is 14.4 Å². The van der Waals surface area contributed by atoms with Gasteiger partial charge in [0.1, 0.15) is 0 Å². The number of carbonyl (C=O) groups excluding carboxylic acids is 3. The van der Waals surface area contributed by atoms with Gasteiger partial charge in [-0.1, -0.05) is 17.7 Å². The van der Waals surface area contributed by atoms with Crippen molar-refractivity contribution in [1.29, 1.82) is 0 Å². The molecular formula is C25H29ClN4O3. The fourth-order valence-electron chi connectivity index (χ4n) is 4.37. The molecule has 2 aliphatic rings. The Morgan fingerprint density at radius 3 is 2.33 bits per heavy atom. The van der Waals surface area contributed by atoms with Gasteiger partial charge < -0.3 is 20.0 Å². The largest absolute Gasteiger partial charge is 0.368 e. The van der Waals surface area contributed by atoms with Gasteiger partial charge in [0.15, 0.2) is 0 Å². The summed E-state index contributed by atoms with van der Waals surface area (Å²) in [7, 11) is 0. The highest BCUT2D eigenvalue weighted by Gasteiger charge is 2.35. The summed E-state index contributed by atoms with van der Waals surface area (Å²) in [4.78, 5) is 43.4. The van der Waals surface area contributed by atoms with E-state index in [0.717, 1.165) is 18.8 Å². The number of carbonyl (C=O) groups is 3.